The fourth-order valence-electron chi connectivity index (χ4n) is 4.09. The van der Waals surface area contributed by atoms with Gasteiger partial charge in [0.2, 0.25) is 5.91 Å². The number of esters is 2. The molecular formula is C26H28FNO5. The zero-order valence-corrected chi connectivity index (χ0v) is 19.1. The van der Waals surface area contributed by atoms with Crippen LogP contribution in [0.25, 0.3) is 5.70 Å². The average Bonchev–Trinajstić information content (AvgIpc) is 3.01. The maximum absolute atomic E-state index is 13.9. The highest BCUT2D eigenvalue weighted by atomic mass is 19.1. The predicted molar refractivity (Wildman–Crippen MR) is 122 cm³/mol. The molecule has 0 N–H and O–H groups in total. The van der Waals surface area contributed by atoms with Gasteiger partial charge in [-0.15, -0.1) is 0 Å². The second kappa shape index (κ2) is 10.4. The number of rotatable bonds is 9. The minimum Gasteiger partial charge on any atom is -0.466 e. The summed E-state index contributed by atoms with van der Waals surface area (Å²) in [5.41, 5.74) is 1.09. The van der Waals surface area contributed by atoms with E-state index in [1.807, 2.05) is 18.2 Å². The van der Waals surface area contributed by atoms with Gasteiger partial charge in [-0.3, -0.25) is 19.3 Å². The van der Waals surface area contributed by atoms with Crippen molar-refractivity contribution in [3.05, 3.63) is 71.6 Å². The van der Waals surface area contributed by atoms with Crippen LogP contribution in [0.4, 0.5) is 10.1 Å². The average molecular weight is 454 g/mol. The summed E-state index contributed by atoms with van der Waals surface area (Å²) in [6.45, 7) is 5.61. The molecule has 1 unspecified atom stereocenters. The van der Waals surface area contributed by atoms with Crippen LogP contribution in [-0.4, -0.2) is 31.1 Å². The Balaban J connectivity index is 2.18. The van der Waals surface area contributed by atoms with Crippen LogP contribution in [0.2, 0.25) is 0 Å². The first-order valence-electron chi connectivity index (χ1n) is 11.0. The summed E-state index contributed by atoms with van der Waals surface area (Å²) in [5, 5.41) is 0. The summed E-state index contributed by atoms with van der Waals surface area (Å²) in [6.07, 6.45) is 0.0457. The lowest BCUT2D eigenvalue weighted by atomic mass is 9.77. The molecule has 0 aromatic heterocycles. The number of hydrogen-bond acceptors (Lipinski definition) is 5. The van der Waals surface area contributed by atoms with Crippen LogP contribution in [0.3, 0.4) is 0 Å². The van der Waals surface area contributed by atoms with Crippen LogP contribution in [-0.2, 0) is 23.9 Å². The molecule has 0 fully saturated rings. The number of halogens is 1. The van der Waals surface area contributed by atoms with Crippen LogP contribution in [0, 0.1) is 11.2 Å². The lowest BCUT2D eigenvalue weighted by molar-refractivity contribution is -0.143. The second-order valence-corrected chi connectivity index (χ2v) is 7.93. The molecule has 0 spiro atoms. The fraction of sp³-hybridized carbons (Fsp3) is 0.346. The molecule has 1 amide bonds. The number of carbonyl (C=O) groups is 3. The maximum Gasteiger partial charge on any atom is 0.310 e. The molecule has 7 heteroatoms. The van der Waals surface area contributed by atoms with Gasteiger partial charge < -0.3 is 9.47 Å². The van der Waals surface area contributed by atoms with Crippen molar-refractivity contribution in [1.29, 1.82) is 0 Å². The molecule has 6 nitrogen and oxygen atoms in total. The number of nitrogens with zero attached hydrogens (tertiary/aromatic N) is 1. The molecule has 0 bridgehead atoms. The van der Waals surface area contributed by atoms with Gasteiger partial charge in [0.05, 0.1) is 30.7 Å². The first-order valence-corrected chi connectivity index (χ1v) is 11.0. The van der Waals surface area contributed by atoms with E-state index in [0.29, 0.717) is 22.5 Å². The molecule has 1 heterocycles. The van der Waals surface area contributed by atoms with E-state index in [0.717, 1.165) is 0 Å². The number of benzene rings is 2. The minimum absolute atomic E-state index is 0.0156. The van der Waals surface area contributed by atoms with Crippen LogP contribution in [0.5, 0.6) is 0 Å². The summed E-state index contributed by atoms with van der Waals surface area (Å²) in [5.74, 6) is -1.57. The van der Waals surface area contributed by atoms with Crippen molar-refractivity contribution in [3.63, 3.8) is 0 Å². The van der Waals surface area contributed by atoms with Gasteiger partial charge in [-0.25, -0.2) is 4.39 Å². The molecule has 0 saturated heterocycles. The smallest absolute Gasteiger partial charge is 0.310 e. The third-order valence-electron chi connectivity index (χ3n) is 5.74. The monoisotopic (exact) mass is 453 g/mol. The summed E-state index contributed by atoms with van der Waals surface area (Å²) in [6, 6.07) is 14.8. The minimum atomic E-state index is -1.15. The Kier molecular flexibility index (Phi) is 7.63. The normalized spacial score (nSPS) is 17.9. The zero-order chi connectivity index (χ0) is 24.0. The number of amides is 1. The van der Waals surface area contributed by atoms with E-state index < -0.39 is 23.2 Å². The van der Waals surface area contributed by atoms with Crippen molar-refractivity contribution in [1.82, 2.24) is 0 Å². The Morgan fingerprint density at radius 1 is 0.939 bits per heavy atom. The van der Waals surface area contributed by atoms with Gasteiger partial charge in [0, 0.05) is 12.1 Å². The molecule has 1 aliphatic rings. The lowest BCUT2D eigenvalue weighted by Gasteiger charge is -2.26. The van der Waals surface area contributed by atoms with Crippen LogP contribution in [0.1, 0.15) is 45.6 Å². The first kappa shape index (κ1) is 24.2. The SMILES string of the molecule is CCOC(=O)CCC1(C)C(=O)N(c2ccccc2)C(c2ccc(F)cc2)=C1CC(=O)OCC. The van der Waals surface area contributed by atoms with Crippen LogP contribution in [0.15, 0.2) is 60.2 Å². The van der Waals surface area contributed by atoms with E-state index in [2.05, 4.69) is 0 Å². The summed E-state index contributed by atoms with van der Waals surface area (Å²) >= 11 is 0. The second-order valence-electron chi connectivity index (χ2n) is 7.93. The molecule has 1 aliphatic heterocycles. The molecule has 1 atom stereocenters. The molecule has 3 rings (SSSR count). The number of ether oxygens (including phenoxy) is 2. The van der Waals surface area contributed by atoms with Crippen LogP contribution >= 0.6 is 0 Å². The first-order chi connectivity index (χ1) is 15.8. The van der Waals surface area contributed by atoms with Crippen molar-refractivity contribution >= 4 is 29.2 Å². The molecule has 0 saturated carbocycles. The molecule has 2 aromatic rings. The van der Waals surface area contributed by atoms with Crippen molar-refractivity contribution < 1.29 is 28.2 Å². The van der Waals surface area contributed by atoms with E-state index in [9.17, 15) is 18.8 Å². The Morgan fingerprint density at radius 2 is 1.55 bits per heavy atom. The molecule has 33 heavy (non-hydrogen) atoms. The van der Waals surface area contributed by atoms with Gasteiger partial charge in [0.25, 0.3) is 0 Å². The van der Waals surface area contributed by atoms with Crippen molar-refractivity contribution in [2.45, 2.75) is 40.0 Å². The highest BCUT2D eigenvalue weighted by Gasteiger charge is 2.50. The van der Waals surface area contributed by atoms with Crippen molar-refractivity contribution in [2.24, 2.45) is 5.41 Å². The number of para-hydroxylation sites is 1. The van der Waals surface area contributed by atoms with Gasteiger partial charge in [0.1, 0.15) is 5.82 Å². The van der Waals surface area contributed by atoms with Crippen LogP contribution < -0.4 is 4.90 Å². The quantitative estimate of drug-likeness (QED) is 0.506. The van der Waals surface area contributed by atoms with Crippen molar-refractivity contribution in [2.75, 3.05) is 18.1 Å². The highest BCUT2D eigenvalue weighted by Crippen LogP contribution is 2.50. The van der Waals surface area contributed by atoms with Gasteiger partial charge in [-0.2, -0.15) is 0 Å². The van der Waals surface area contributed by atoms with Crippen molar-refractivity contribution in [3.8, 4) is 0 Å². The number of anilines is 1. The third-order valence-corrected chi connectivity index (χ3v) is 5.74. The molecule has 2 aromatic carbocycles. The molecular weight excluding hydrogens is 425 g/mol. The summed E-state index contributed by atoms with van der Waals surface area (Å²) in [7, 11) is 0. The molecule has 0 radical (unpaired) electrons. The van der Waals surface area contributed by atoms with Gasteiger partial charge in [-0.1, -0.05) is 18.2 Å². The number of hydrogen-bond donors (Lipinski definition) is 0. The topological polar surface area (TPSA) is 72.9 Å². The Morgan fingerprint density at radius 3 is 2.15 bits per heavy atom. The maximum atomic E-state index is 13.9. The van der Waals surface area contributed by atoms with Gasteiger partial charge >= 0.3 is 11.9 Å². The summed E-state index contributed by atoms with van der Waals surface area (Å²) < 4.78 is 23.9. The molecule has 174 valence electrons. The van der Waals surface area contributed by atoms with E-state index in [1.165, 1.54) is 12.1 Å². The third kappa shape index (κ3) is 5.13. The molecule has 0 aliphatic carbocycles. The standard InChI is InChI=1S/C26H28FNO5/c1-4-32-22(29)15-16-26(3)21(17-23(30)33-5-2)24(18-11-13-19(27)14-12-18)28(25(26)31)20-9-7-6-8-10-20/h6-14H,4-5,15-17H2,1-3H3. The Hall–Kier alpha value is -3.48. The van der Waals surface area contributed by atoms with E-state index in [4.69, 9.17) is 9.47 Å². The van der Waals surface area contributed by atoms with Gasteiger partial charge in [0.15, 0.2) is 0 Å². The van der Waals surface area contributed by atoms with Gasteiger partial charge in [-0.05, 0) is 74.7 Å². The largest absolute Gasteiger partial charge is 0.466 e. The lowest BCUT2D eigenvalue weighted by Crippen LogP contribution is -2.36. The van der Waals surface area contributed by atoms with E-state index >= 15 is 0 Å². The fourth-order valence-corrected chi connectivity index (χ4v) is 4.09. The summed E-state index contributed by atoms with van der Waals surface area (Å²) in [4.78, 5) is 40.1. The number of carbonyl (C=O) groups excluding carboxylic acids is 3. The Bertz CT molecular complexity index is 1050. The predicted octanol–water partition coefficient (Wildman–Crippen LogP) is 4.89. The van der Waals surface area contributed by atoms with E-state index in [1.54, 1.807) is 49.9 Å². The zero-order valence-electron chi connectivity index (χ0n) is 19.1. The highest BCUT2D eigenvalue weighted by molar-refractivity contribution is 6.16. The Labute approximate surface area is 193 Å². The van der Waals surface area contributed by atoms with E-state index in [-0.39, 0.29) is 38.4 Å².